The Hall–Kier alpha value is -2.31. The summed E-state index contributed by atoms with van der Waals surface area (Å²) < 4.78 is 127. The van der Waals surface area contributed by atoms with Crippen molar-refractivity contribution in [1.29, 1.82) is 5.26 Å². The first-order valence-electron chi connectivity index (χ1n) is 5.84. The highest BCUT2D eigenvalue weighted by atomic mass is 32.2. The van der Waals surface area contributed by atoms with Gasteiger partial charge in [-0.05, 0) is 6.07 Å². The summed E-state index contributed by atoms with van der Waals surface area (Å²) in [6, 6.07) is 0.389. The van der Waals surface area contributed by atoms with E-state index in [0.717, 1.165) is 0 Å². The third-order valence-corrected chi connectivity index (χ3v) is 6.45. The molecule has 1 aromatic rings. The van der Waals surface area contributed by atoms with E-state index in [4.69, 9.17) is 18.9 Å². The molecule has 0 saturated carbocycles. The van der Waals surface area contributed by atoms with Gasteiger partial charge in [0.05, 0.1) is 5.56 Å². The number of benzene rings is 1. The first-order valence-corrected chi connectivity index (χ1v) is 11.6. The Bertz CT molecular complexity index is 1370. The SMILES string of the molecule is N#CC(=O)c1cc(S(=O)(=O)O)c(S(=O)(=O)O)c(S(=O)(=O)O)c1C(=O)S(=O)(=O)O. The van der Waals surface area contributed by atoms with Crippen molar-refractivity contribution in [3.63, 3.8) is 0 Å². The second kappa shape index (κ2) is 6.94. The van der Waals surface area contributed by atoms with Crippen molar-refractivity contribution < 1.29 is 61.5 Å². The normalized spacial score (nSPS) is 13.0. The van der Waals surface area contributed by atoms with Crippen LogP contribution in [0.2, 0.25) is 0 Å². The topological polar surface area (TPSA) is 275 Å². The van der Waals surface area contributed by atoms with Gasteiger partial charge in [-0.15, -0.1) is 0 Å². The molecule has 4 N–H and O–H groups in total. The average molecular weight is 479 g/mol. The van der Waals surface area contributed by atoms with E-state index < -0.39 is 77.2 Å². The Morgan fingerprint density at radius 3 is 1.50 bits per heavy atom. The van der Waals surface area contributed by atoms with Gasteiger partial charge in [0.15, 0.2) is 0 Å². The third-order valence-electron chi connectivity index (χ3n) is 2.78. The summed E-state index contributed by atoms with van der Waals surface area (Å²) in [5.74, 6) is -2.05. The lowest BCUT2D eigenvalue weighted by atomic mass is 10.0. The van der Waals surface area contributed by atoms with Crippen LogP contribution in [0, 0.1) is 11.3 Å². The van der Waals surface area contributed by atoms with E-state index in [1.807, 2.05) is 0 Å². The van der Waals surface area contributed by atoms with Gasteiger partial charge in [-0.3, -0.25) is 27.8 Å². The van der Waals surface area contributed by atoms with Crippen molar-refractivity contribution in [3.05, 3.63) is 17.2 Å². The average Bonchev–Trinajstić information content (AvgIpc) is 2.47. The number of ketones is 1. The molecule has 19 heteroatoms. The van der Waals surface area contributed by atoms with Gasteiger partial charge < -0.3 is 0 Å². The van der Waals surface area contributed by atoms with Crippen LogP contribution in [0.4, 0.5) is 0 Å². The van der Waals surface area contributed by atoms with Gasteiger partial charge >= 0.3 is 15.2 Å². The van der Waals surface area contributed by atoms with Crippen molar-refractivity contribution in [2.24, 2.45) is 0 Å². The van der Waals surface area contributed by atoms with E-state index in [1.165, 1.54) is 0 Å². The second-order valence-electron chi connectivity index (χ2n) is 4.58. The van der Waals surface area contributed by atoms with E-state index >= 15 is 0 Å². The van der Waals surface area contributed by atoms with E-state index in [1.54, 1.807) is 0 Å². The standard InChI is InChI=1S/C9H5NO14S4/c10-2-4(11)3-1-5(25(13,14)15)7(26(16,17)18)8(27(19,20)21)6(3)9(12)28(22,23)24/h1H,(H,13,14,15)(H,16,17,18)(H,19,20,21)(H,22,23,24). The molecule has 0 aliphatic heterocycles. The first kappa shape index (κ1) is 23.7. The van der Waals surface area contributed by atoms with E-state index in [2.05, 4.69) is 0 Å². The predicted molar refractivity (Wildman–Crippen MR) is 81.7 cm³/mol. The zero-order valence-corrected chi connectivity index (χ0v) is 15.8. The van der Waals surface area contributed by atoms with Crippen LogP contribution in [0.3, 0.4) is 0 Å². The van der Waals surface area contributed by atoms with Gasteiger partial charge in [0, 0.05) is 5.56 Å². The fraction of sp³-hybridized carbons (Fsp3) is 0. The van der Waals surface area contributed by atoms with Gasteiger partial charge in [-0.1, -0.05) is 0 Å². The minimum Gasteiger partial charge on any atom is -0.282 e. The van der Waals surface area contributed by atoms with Gasteiger partial charge in [0.25, 0.3) is 36.1 Å². The Kier molecular flexibility index (Phi) is 5.88. The fourth-order valence-electron chi connectivity index (χ4n) is 1.87. The number of Topliss-reactive ketones (excluding diaryl/α,β-unsaturated/α-hetero) is 1. The summed E-state index contributed by atoms with van der Waals surface area (Å²) in [5.41, 5.74) is -3.92. The third kappa shape index (κ3) is 4.56. The number of hydrogen-bond acceptors (Lipinski definition) is 11. The lowest BCUT2D eigenvalue weighted by molar-refractivity contribution is 0.102. The highest BCUT2D eigenvalue weighted by Crippen LogP contribution is 2.35. The minimum atomic E-state index is -6.17. The van der Waals surface area contributed by atoms with Crippen LogP contribution in [-0.2, 0) is 40.5 Å². The molecule has 0 aromatic heterocycles. The van der Waals surface area contributed by atoms with E-state index in [9.17, 15) is 47.8 Å². The van der Waals surface area contributed by atoms with Crippen molar-refractivity contribution in [3.8, 4) is 6.07 Å². The summed E-state index contributed by atoms with van der Waals surface area (Å²) >= 11 is 0. The van der Waals surface area contributed by atoms with Crippen molar-refractivity contribution in [2.75, 3.05) is 0 Å². The number of carbonyl (C=O) groups is 2. The molecular weight excluding hydrogens is 474 g/mol. The first-order chi connectivity index (χ1) is 12.2. The Morgan fingerprint density at radius 2 is 1.21 bits per heavy atom. The highest BCUT2D eigenvalue weighted by Gasteiger charge is 2.42. The molecule has 0 bridgehead atoms. The van der Waals surface area contributed by atoms with E-state index in [-0.39, 0.29) is 6.07 Å². The number of rotatable bonds is 5. The Labute approximate surface area is 156 Å². The van der Waals surface area contributed by atoms with E-state index in [0.29, 0.717) is 6.07 Å². The van der Waals surface area contributed by atoms with Crippen LogP contribution < -0.4 is 0 Å². The maximum Gasteiger partial charge on any atom is 0.333 e. The summed E-state index contributed by atoms with van der Waals surface area (Å²) in [6.45, 7) is 0. The predicted octanol–water partition coefficient (Wildman–Crippen LogP) is -1.84. The Morgan fingerprint density at radius 1 is 0.786 bits per heavy atom. The van der Waals surface area contributed by atoms with Gasteiger partial charge in [-0.2, -0.15) is 38.9 Å². The zero-order valence-electron chi connectivity index (χ0n) is 12.5. The molecule has 0 radical (unpaired) electrons. The molecule has 0 amide bonds. The molecule has 0 spiro atoms. The van der Waals surface area contributed by atoms with Crippen LogP contribution in [-0.4, -0.2) is 62.8 Å². The van der Waals surface area contributed by atoms with Crippen LogP contribution in [0.5, 0.6) is 0 Å². The van der Waals surface area contributed by atoms with Crippen LogP contribution in [0.25, 0.3) is 0 Å². The summed E-state index contributed by atoms with van der Waals surface area (Å²) in [4.78, 5) is 16.5. The monoisotopic (exact) mass is 479 g/mol. The van der Waals surface area contributed by atoms with Crippen molar-refractivity contribution in [2.45, 2.75) is 14.7 Å². The molecular formula is C9H5NO14S4. The Balaban J connectivity index is 4.74. The molecule has 0 saturated heterocycles. The minimum absolute atomic E-state index is 0.322. The summed E-state index contributed by atoms with van der Waals surface area (Å²) in [5, 5.41) is 5.84. The molecule has 0 heterocycles. The smallest absolute Gasteiger partial charge is 0.282 e. The number of carbonyl (C=O) groups excluding carboxylic acids is 2. The van der Waals surface area contributed by atoms with Crippen LogP contribution in [0.1, 0.15) is 20.7 Å². The van der Waals surface area contributed by atoms with Gasteiger partial charge in [0.2, 0.25) is 0 Å². The van der Waals surface area contributed by atoms with Crippen molar-refractivity contribution >= 4 is 51.4 Å². The summed E-state index contributed by atoms with van der Waals surface area (Å²) in [6.07, 6.45) is 0. The molecule has 0 atom stereocenters. The molecule has 154 valence electrons. The summed E-state index contributed by atoms with van der Waals surface area (Å²) in [7, 11) is -24.1. The number of nitrogens with zero attached hydrogens (tertiary/aromatic N) is 1. The van der Waals surface area contributed by atoms with Crippen molar-refractivity contribution in [1.82, 2.24) is 0 Å². The molecule has 1 aromatic carbocycles. The largest absolute Gasteiger partial charge is 0.333 e. The highest BCUT2D eigenvalue weighted by molar-refractivity contribution is 8.01. The lowest BCUT2D eigenvalue weighted by Crippen LogP contribution is -2.25. The zero-order chi connectivity index (χ0) is 22.5. The maximum atomic E-state index is 11.9. The molecule has 0 fully saturated rings. The number of nitriles is 1. The van der Waals surface area contributed by atoms with Crippen LogP contribution >= 0.6 is 0 Å². The van der Waals surface area contributed by atoms with Crippen LogP contribution in [0.15, 0.2) is 20.8 Å². The maximum absolute atomic E-state index is 11.9. The fourth-order valence-corrected chi connectivity index (χ4v) is 5.79. The van der Waals surface area contributed by atoms with Gasteiger partial charge in [-0.25, -0.2) is 0 Å². The quantitative estimate of drug-likeness (QED) is 0.205. The molecule has 0 aliphatic rings. The van der Waals surface area contributed by atoms with Gasteiger partial charge in [0.1, 0.15) is 20.8 Å². The second-order valence-corrected chi connectivity index (χ2v) is 10.0. The lowest BCUT2D eigenvalue weighted by Gasteiger charge is -2.15. The molecule has 0 aliphatic carbocycles. The molecule has 0 unspecified atom stereocenters. The molecule has 28 heavy (non-hydrogen) atoms. The number of hydrogen-bond donors (Lipinski definition) is 4. The molecule has 1 rings (SSSR count). The molecule has 15 nitrogen and oxygen atoms in total.